The Bertz CT molecular complexity index is 1290. The molecule has 0 aliphatic carbocycles. The van der Waals surface area contributed by atoms with Gasteiger partial charge < -0.3 is 0 Å². The van der Waals surface area contributed by atoms with Crippen molar-refractivity contribution in [1.82, 2.24) is 34.7 Å². The van der Waals surface area contributed by atoms with Crippen molar-refractivity contribution in [3.05, 3.63) is 70.0 Å². The minimum Gasteiger partial charge on any atom is -0.292 e. The first kappa shape index (κ1) is 23.6. The first-order valence-corrected chi connectivity index (χ1v) is 11.9. The van der Waals surface area contributed by atoms with E-state index in [0.29, 0.717) is 18.1 Å². The van der Waals surface area contributed by atoms with E-state index in [1.54, 1.807) is 6.20 Å². The van der Waals surface area contributed by atoms with Gasteiger partial charge in [0.2, 0.25) is 0 Å². The zero-order chi connectivity index (χ0) is 24.3. The number of tetrazole rings is 1. The molecule has 8 nitrogen and oxygen atoms in total. The van der Waals surface area contributed by atoms with Crippen LogP contribution in [0.15, 0.2) is 47.4 Å². The lowest BCUT2D eigenvalue weighted by Crippen LogP contribution is -2.35. The molecule has 0 spiro atoms. The van der Waals surface area contributed by atoms with Gasteiger partial charge in [-0.15, -0.1) is 5.10 Å². The highest BCUT2D eigenvalue weighted by Gasteiger charge is 2.24. The maximum absolute atomic E-state index is 13.5. The number of aromatic nitrogens is 7. The van der Waals surface area contributed by atoms with Gasteiger partial charge in [0.1, 0.15) is 5.69 Å². The molecule has 0 saturated carbocycles. The Labute approximate surface area is 200 Å². The van der Waals surface area contributed by atoms with E-state index >= 15 is 0 Å². The Kier molecular flexibility index (Phi) is 6.77. The lowest BCUT2D eigenvalue weighted by atomic mass is 10.0. The number of imidazole rings is 1. The van der Waals surface area contributed by atoms with Crippen molar-refractivity contribution in [3.63, 3.8) is 0 Å². The van der Waals surface area contributed by atoms with Gasteiger partial charge in [0.25, 0.3) is 0 Å². The molecule has 1 N–H and O–H groups in total. The second kappa shape index (κ2) is 9.75. The fourth-order valence-corrected chi connectivity index (χ4v) is 4.57. The van der Waals surface area contributed by atoms with Crippen molar-refractivity contribution < 1.29 is 0 Å². The van der Waals surface area contributed by atoms with Crippen LogP contribution in [0.4, 0.5) is 0 Å². The zero-order valence-corrected chi connectivity index (χ0v) is 20.7. The molecular weight excluding hydrogens is 426 g/mol. The van der Waals surface area contributed by atoms with E-state index in [4.69, 9.17) is 0 Å². The number of hydrogen-bond donors (Lipinski definition) is 1. The van der Waals surface area contributed by atoms with Gasteiger partial charge in [0, 0.05) is 28.7 Å². The molecule has 0 aliphatic heterocycles. The molecule has 0 bridgehead atoms. The highest BCUT2D eigenvalue weighted by atomic mass is 16.2. The largest absolute Gasteiger partial charge is 0.329 e. The van der Waals surface area contributed by atoms with Gasteiger partial charge >= 0.3 is 5.69 Å². The van der Waals surface area contributed by atoms with E-state index in [0.717, 1.165) is 53.8 Å². The Balaban J connectivity index is 1.67. The number of pyridine rings is 1. The van der Waals surface area contributed by atoms with Gasteiger partial charge in [0.05, 0.1) is 6.54 Å². The van der Waals surface area contributed by atoms with Crippen molar-refractivity contribution in [2.24, 2.45) is 0 Å². The average Bonchev–Trinajstić information content (AvgIpc) is 3.42. The van der Waals surface area contributed by atoms with Crippen LogP contribution in [0.1, 0.15) is 63.9 Å². The molecule has 34 heavy (non-hydrogen) atoms. The highest BCUT2D eigenvalue weighted by molar-refractivity contribution is 5.77. The summed E-state index contributed by atoms with van der Waals surface area (Å²) in [4.78, 5) is 17.9. The highest BCUT2D eigenvalue weighted by Crippen LogP contribution is 2.28. The third-order valence-corrected chi connectivity index (χ3v) is 6.17. The zero-order valence-electron chi connectivity index (χ0n) is 20.7. The van der Waals surface area contributed by atoms with Gasteiger partial charge in [-0.2, -0.15) is 0 Å². The number of nitrogens with zero attached hydrogens (tertiary/aromatic N) is 6. The molecule has 0 atom stereocenters. The molecule has 0 fully saturated rings. The Morgan fingerprint density at radius 3 is 2.47 bits per heavy atom. The fourth-order valence-electron chi connectivity index (χ4n) is 4.57. The Hall–Kier alpha value is -3.55. The summed E-state index contributed by atoms with van der Waals surface area (Å²) in [6.07, 6.45) is 6.05. The summed E-state index contributed by atoms with van der Waals surface area (Å²) in [6, 6.07) is 12.2. The Morgan fingerprint density at radius 2 is 1.82 bits per heavy atom. The van der Waals surface area contributed by atoms with Crippen LogP contribution in [-0.4, -0.2) is 34.7 Å². The topological polar surface area (TPSA) is 94.3 Å². The first-order valence-electron chi connectivity index (χ1n) is 11.9. The molecule has 4 rings (SSSR count). The summed E-state index contributed by atoms with van der Waals surface area (Å²) in [5.41, 5.74) is 5.76. The molecule has 0 amide bonds. The lowest BCUT2D eigenvalue weighted by molar-refractivity contribution is 0.373. The third-order valence-electron chi connectivity index (χ3n) is 6.17. The van der Waals surface area contributed by atoms with E-state index in [1.807, 2.05) is 21.3 Å². The minimum atomic E-state index is -0.262. The number of rotatable bonds is 8. The standard InChI is InChI=1S/C26H33N7O/c1-6-7-8-11-22-18(2)33(26(3,4)5)25(34)32(22)17-19-12-14-20(15-13-19)21-10-9-16-27-23(21)24-28-30-31-29-24/h9-10,12-16H,6-8,11,17H2,1-5H3,(H,28,29,30,31). The Morgan fingerprint density at radius 1 is 1.06 bits per heavy atom. The molecule has 0 aliphatic rings. The number of hydrogen-bond acceptors (Lipinski definition) is 5. The number of aromatic amines is 1. The summed E-state index contributed by atoms with van der Waals surface area (Å²) < 4.78 is 3.90. The van der Waals surface area contributed by atoms with Crippen molar-refractivity contribution >= 4 is 0 Å². The van der Waals surface area contributed by atoms with Gasteiger partial charge in [0.15, 0.2) is 5.82 Å². The number of unbranched alkanes of at least 4 members (excludes halogenated alkanes) is 2. The average molecular weight is 460 g/mol. The first-order chi connectivity index (χ1) is 16.3. The van der Waals surface area contributed by atoms with Crippen LogP contribution < -0.4 is 5.69 Å². The van der Waals surface area contributed by atoms with E-state index in [9.17, 15) is 4.79 Å². The van der Waals surface area contributed by atoms with Gasteiger partial charge in [-0.05, 0) is 68.2 Å². The summed E-state index contributed by atoms with van der Waals surface area (Å²) in [5, 5.41) is 14.1. The molecule has 1 aromatic carbocycles. The smallest absolute Gasteiger partial charge is 0.292 e. The van der Waals surface area contributed by atoms with Crippen LogP contribution in [0, 0.1) is 6.92 Å². The predicted molar refractivity (Wildman–Crippen MR) is 134 cm³/mol. The number of benzene rings is 1. The summed E-state index contributed by atoms with van der Waals surface area (Å²) in [5.74, 6) is 0.530. The molecular formula is C26H33N7O. The molecule has 3 aromatic heterocycles. The van der Waals surface area contributed by atoms with Crippen molar-refractivity contribution in [2.45, 2.75) is 72.4 Å². The SMILES string of the molecule is CCCCCc1c(C)n(C(C)(C)C)c(=O)n1Cc1ccc(-c2cccnc2-c2nnn[nH]2)cc1. The van der Waals surface area contributed by atoms with Crippen LogP contribution in [0.5, 0.6) is 0 Å². The van der Waals surface area contributed by atoms with Crippen molar-refractivity contribution in [1.29, 1.82) is 0 Å². The molecule has 8 heteroatoms. The van der Waals surface area contributed by atoms with E-state index < -0.39 is 0 Å². The van der Waals surface area contributed by atoms with Gasteiger partial charge in [-0.25, -0.2) is 9.89 Å². The molecule has 0 radical (unpaired) electrons. The molecule has 0 saturated heterocycles. The quantitative estimate of drug-likeness (QED) is 0.384. The van der Waals surface area contributed by atoms with Crippen LogP contribution in [0.25, 0.3) is 22.6 Å². The van der Waals surface area contributed by atoms with Crippen LogP contribution in [0.3, 0.4) is 0 Å². The van der Waals surface area contributed by atoms with E-state index in [2.05, 4.69) is 84.5 Å². The van der Waals surface area contributed by atoms with Crippen LogP contribution >= 0.6 is 0 Å². The normalized spacial score (nSPS) is 11.8. The summed E-state index contributed by atoms with van der Waals surface area (Å²) >= 11 is 0. The number of nitrogens with one attached hydrogen (secondary N) is 1. The minimum absolute atomic E-state index is 0.0629. The second-order valence-corrected chi connectivity index (χ2v) is 9.71. The van der Waals surface area contributed by atoms with E-state index in [1.165, 1.54) is 0 Å². The number of H-pyrrole nitrogens is 1. The maximum Gasteiger partial charge on any atom is 0.329 e. The fraction of sp³-hybridized carbons (Fsp3) is 0.423. The monoisotopic (exact) mass is 459 g/mol. The predicted octanol–water partition coefficient (Wildman–Crippen LogP) is 4.74. The van der Waals surface area contributed by atoms with Gasteiger partial charge in [-0.3, -0.25) is 14.1 Å². The molecule has 178 valence electrons. The summed E-state index contributed by atoms with van der Waals surface area (Å²) in [6.45, 7) is 11.1. The van der Waals surface area contributed by atoms with Gasteiger partial charge in [-0.1, -0.05) is 50.1 Å². The van der Waals surface area contributed by atoms with Crippen molar-refractivity contribution in [3.8, 4) is 22.6 Å². The van der Waals surface area contributed by atoms with E-state index in [-0.39, 0.29) is 11.2 Å². The molecule has 3 heterocycles. The molecule has 4 aromatic rings. The summed E-state index contributed by atoms with van der Waals surface area (Å²) in [7, 11) is 0. The third kappa shape index (κ3) is 4.71. The second-order valence-electron chi connectivity index (χ2n) is 9.71. The van der Waals surface area contributed by atoms with Crippen LogP contribution in [-0.2, 0) is 18.5 Å². The van der Waals surface area contributed by atoms with Crippen LogP contribution in [0.2, 0.25) is 0 Å². The van der Waals surface area contributed by atoms with Crippen molar-refractivity contribution in [2.75, 3.05) is 0 Å². The maximum atomic E-state index is 13.5. The lowest BCUT2D eigenvalue weighted by Gasteiger charge is -2.21. The molecule has 0 unspecified atom stereocenters.